The Kier molecular flexibility index (Phi) is 3.96. The highest BCUT2D eigenvalue weighted by Crippen LogP contribution is 2.16. The van der Waals surface area contributed by atoms with Crippen LogP contribution in [0.1, 0.15) is 21.5 Å². The van der Waals surface area contributed by atoms with Crippen LogP contribution in [-0.4, -0.2) is 25.0 Å². The van der Waals surface area contributed by atoms with E-state index in [0.717, 1.165) is 11.4 Å². The maximum Gasteiger partial charge on any atom is 0.338 e. The fraction of sp³-hybridized carbons (Fsp3) is 0.176. The van der Waals surface area contributed by atoms with Crippen LogP contribution in [0.3, 0.4) is 0 Å². The zero-order valence-corrected chi connectivity index (χ0v) is 11.6. The molecular formula is C17H16N2O2. The number of hydrogen-bond acceptors (Lipinski definition) is 4. The molecule has 0 fully saturated rings. The molecule has 4 nitrogen and oxygen atoms in total. The van der Waals surface area contributed by atoms with Crippen molar-refractivity contribution in [1.29, 1.82) is 0 Å². The third-order valence-corrected chi connectivity index (χ3v) is 3.32. The van der Waals surface area contributed by atoms with E-state index in [1.165, 1.54) is 5.56 Å². The first-order valence-electron chi connectivity index (χ1n) is 6.93. The summed E-state index contributed by atoms with van der Waals surface area (Å²) in [6.45, 7) is 1.57. The minimum absolute atomic E-state index is 0.300. The molecule has 0 unspecified atom stereocenters. The number of hydrogen-bond donors (Lipinski definition) is 1. The lowest BCUT2D eigenvalue weighted by Gasteiger charge is -2.08. The third-order valence-electron chi connectivity index (χ3n) is 3.32. The van der Waals surface area contributed by atoms with Gasteiger partial charge in [-0.15, -0.1) is 0 Å². The summed E-state index contributed by atoms with van der Waals surface area (Å²) in [5.74, 6) is 0.576. The molecule has 0 aliphatic carbocycles. The Bertz CT molecular complexity index is 666. The van der Waals surface area contributed by atoms with Gasteiger partial charge >= 0.3 is 5.97 Å². The predicted octanol–water partition coefficient (Wildman–Crippen LogP) is 2.39. The number of nitrogens with zero attached hydrogens (tertiary/aromatic N) is 1. The van der Waals surface area contributed by atoms with Crippen LogP contribution < -0.4 is 5.32 Å². The molecule has 2 aromatic carbocycles. The monoisotopic (exact) mass is 280 g/mol. The van der Waals surface area contributed by atoms with Crippen LogP contribution in [-0.2, 0) is 11.3 Å². The van der Waals surface area contributed by atoms with E-state index in [2.05, 4.69) is 16.4 Å². The standard InChI is InChI=1S/C17H16N2O2/c20-17(13-6-2-1-3-7-13)21-11-10-18-16-15-9-5-4-8-14(15)12-19-16/h1-9H,10-12H2,(H,18,19). The number of carbonyl (C=O) groups excluding carboxylic acids is 1. The average Bonchev–Trinajstić information content (AvgIpc) is 2.95. The Morgan fingerprint density at radius 1 is 1.10 bits per heavy atom. The Balaban J connectivity index is 1.47. The lowest BCUT2D eigenvalue weighted by Crippen LogP contribution is -2.27. The van der Waals surface area contributed by atoms with Gasteiger partial charge in [-0.05, 0) is 17.7 Å². The highest BCUT2D eigenvalue weighted by atomic mass is 16.5. The lowest BCUT2D eigenvalue weighted by atomic mass is 10.1. The zero-order chi connectivity index (χ0) is 14.5. The second kappa shape index (κ2) is 6.22. The Morgan fingerprint density at radius 3 is 2.71 bits per heavy atom. The van der Waals surface area contributed by atoms with Crippen LogP contribution in [0.5, 0.6) is 0 Å². The first kappa shape index (κ1) is 13.4. The molecule has 0 saturated heterocycles. The second-order valence-electron chi connectivity index (χ2n) is 4.75. The van der Waals surface area contributed by atoms with Crippen molar-refractivity contribution in [3.63, 3.8) is 0 Å². The van der Waals surface area contributed by atoms with Gasteiger partial charge in [-0.2, -0.15) is 0 Å². The minimum atomic E-state index is -0.300. The highest BCUT2D eigenvalue weighted by molar-refractivity contribution is 6.01. The summed E-state index contributed by atoms with van der Waals surface area (Å²) in [7, 11) is 0. The molecule has 106 valence electrons. The van der Waals surface area contributed by atoms with Crippen molar-refractivity contribution in [3.05, 3.63) is 71.3 Å². The van der Waals surface area contributed by atoms with E-state index in [-0.39, 0.29) is 5.97 Å². The molecule has 2 aromatic rings. The molecule has 1 heterocycles. The summed E-state index contributed by atoms with van der Waals surface area (Å²) in [6.07, 6.45) is 0. The van der Waals surface area contributed by atoms with Crippen LogP contribution in [0, 0.1) is 0 Å². The van der Waals surface area contributed by atoms with E-state index in [1.807, 2.05) is 36.4 Å². The molecule has 4 heteroatoms. The molecule has 1 N–H and O–H groups in total. The summed E-state index contributed by atoms with van der Waals surface area (Å²) >= 11 is 0. The molecule has 0 saturated carbocycles. The van der Waals surface area contributed by atoms with Crippen LogP contribution >= 0.6 is 0 Å². The van der Waals surface area contributed by atoms with Crippen LogP contribution in [0.2, 0.25) is 0 Å². The molecule has 1 aliphatic rings. The van der Waals surface area contributed by atoms with Crippen molar-refractivity contribution in [3.8, 4) is 0 Å². The van der Waals surface area contributed by atoms with Crippen molar-refractivity contribution in [1.82, 2.24) is 5.32 Å². The van der Waals surface area contributed by atoms with Crippen molar-refractivity contribution < 1.29 is 9.53 Å². The average molecular weight is 280 g/mol. The van der Waals surface area contributed by atoms with Crippen LogP contribution in [0.4, 0.5) is 0 Å². The van der Waals surface area contributed by atoms with E-state index in [0.29, 0.717) is 25.3 Å². The van der Waals surface area contributed by atoms with Gasteiger partial charge in [0.2, 0.25) is 0 Å². The number of benzene rings is 2. The maximum atomic E-state index is 11.8. The summed E-state index contributed by atoms with van der Waals surface area (Å²) in [4.78, 5) is 16.2. The number of ether oxygens (including phenoxy) is 1. The SMILES string of the molecule is O=C(OCCNC1=NCc2ccccc21)c1ccccc1. The Morgan fingerprint density at radius 2 is 1.86 bits per heavy atom. The maximum absolute atomic E-state index is 11.8. The fourth-order valence-corrected chi connectivity index (χ4v) is 2.26. The summed E-state index contributed by atoms with van der Waals surface area (Å²) in [5.41, 5.74) is 2.93. The number of fused-ring (bicyclic) bond motifs is 1. The molecular weight excluding hydrogens is 264 g/mol. The number of carbonyl (C=O) groups is 1. The Labute approximate surface area is 123 Å². The number of nitrogens with one attached hydrogen (secondary N) is 1. The van der Waals surface area contributed by atoms with Gasteiger partial charge < -0.3 is 10.1 Å². The van der Waals surface area contributed by atoms with Gasteiger partial charge in [-0.3, -0.25) is 4.99 Å². The molecule has 21 heavy (non-hydrogen) atoms. The van der Waals surface area contributed by atoms with Crippen molar-refractivity contribution in [2.45, 2.75) is 6.54 Å². The molecule has 0 amide bonds. The van der Waals surface area contributed by atoms with Gasteiger partial charge in [0.15, 0.2) is 0 Å². The summed E-state index contributed by atoms with van der Waals surface area (Å²) < 4.78 is 5.22. The smallest absolute Gasteiger partial charge is 0.338 e. The van der Waals surface area contributed by atoms with Gasteiger partial charge in [0, 0.05) is 5.56 Å². The number of esters is 1. The first-order chi connectivity index (χ1) is 10.3. The van der Waals surface area contributed by atoms with Gasteiger partial charge in [0.1, 0.15) is 12.4 Å². The number of rotatable bonds is 4. The fourth-order valence-electron chi connectivity index (χ4n) is 2.26. The largest absolute Gasteiger partial charge is 0.460 e. The quantitative estimate of drug-likeness (QED) is 0.691. The Hall–Kier alpha value is -2.62. The van der Waals surface area contributed by atoms with E-state index in [4.69, 9.17) is 4.74 Å². The molecule has 0 bridgehead atoms. The molecule has 3 rings (SSSR count). The topological polar surface area (TPSA) is 50.7 Å². The molecule has 0 atom stereocenters. The first-order valence-corrected chi connectivity index (χ1v) is 6.93. The van der Waals surface area contributed by atoms with E-state index >= 15 is 0 Å². The molecule has 0 spiro atoms. The number of amidine groups is 1. The second-order valence-corrected chi connectivity index (χ2v) is 4.75. The third kappa shape index (κ3) is 3.11. The van der Waals surface area contributed by atoms with E-state index in [9.17, 15) is 4.79 Å². The van der Waals surface area contributed by atoms with Crippen molar-refractivity contribution in [2.75, 3.05) is 13.2 Å². The van der Waals surface area contributed by atoms with Gasteiger partial charge in [-0.25, -0.2) is 4.79 Å². The molecule has 0 radical (unpaired) electrons. The lowest BCUT2D eigenvalue weighted by molar-refractivity contribution is 0.0513. The van der Waals surface area contributed by atoms with Gasteiger partial charge in [0.25, 0.3) is 0 Å². The highest BCUT2D eigenvalue weighted by Gasteiger charge is 2.14. The summed E-state index contributed by atoms with van der Waals surface area (Å²) in [5, 5.41) is 3.22. The van der Waals surface area contributed by atoms with Crippen LogP contribution in [0.25, 0.3) is 0 Å². The van der Waals surface area contributed by atoms with E-state index < -0.39 is 0 Å². The summed E-state index contributed by atoms with van der Waals surface area (Å²) in [6, 6.07) is 17.1. The van der Waals surface area contributed by atoms with Gasteiger partial charge in [0.05, 0.1) is 18.7 Å². The van der Waals surface area contributed by atoms with Crippen molar-refractivity contribution >= 4 is 11.8 Å². The zero-order valence-electron chi connectivity index (χ0n) is 11.6. The predicted molar refractivity (Wildman–Crippen MR) is 81.4 cm³/mol. The van der Waals surface area contributed by atoms with E-state index in [1.54, 1.807) is 12.1 Å². The normalized spacial score (nSPS) is 12.5. The van der Waals surface area contributed by atoms with Crippen LogP contribution in [0.15, 0.2) is 59.6 Å². The molecule has 1 aliphatic heterocycles. The molecule has 0 aromatic heterocycles. The van der Waals surface area contributed by atoms with Gasteiger partial charge in [-0.1, -0.05) is 42.5 Å². The van der Waals surface area contributed by atoms with Crippen molar-refractivity contribution in [2.24, 2.45) is 4.99 Å². The number of aliphatic imine (C=N–C) groups is 1. The minimum Gasteiger partial charge on any atom is -0.460 e.